The molecule has 0 aliphatic rings. The number of nitrogens with zero attached hydrogens (tertiary/aromatic N) is 3. The summed E-state index contributed by atoms with van der Waals surface area (Å²) in [7, 11) is 1.44. The summed E-state index contributed by atoms with van der Waals surface area (Å²) in [5.74, 6) is -0.0444. The molecule has 2 aromatic heterocycles. The van der Waals surface area contributed by atoms with Gasteiger partial charge >= 0.3 is 5.97 Å². The number of para-hydroxylation sites is 1. The quantitative estimate of drug-likeness (QED) is 0.230. The molecule has 0 bridgehead atoms. The van der Waals surface area contributed by atoms with E-state index in [1.54, 1.807) is 60.7 Å². The van der Waals surface area contributed by atoms with E-state index in [9.17, 15) is 14.7 Å². The van der Waals surface area contributed by atoms with E-state index < -0.39 is 17.6 Å². The number of hydrogen-bond acceptors (Lipinski definition) is 7. The fourth-order valence-electron chi connectivity index (χ4n) is 3.78. The molecule has 0 fully saturated rings. The molecular formula is C27H19BrClN3O6. The van der Waals surface area contributed by atoms with Crippen molar-refractivity contribution in [2.75, 3.05) is 7.11 Å². The van der Waals surface area contributed by atoms with Gasteiger partial charge in [-0.25, -0.2) is 9.78 Å². The van der Waals surface area contributed by atoms with Crippen LogP contribution in [0.4, 0.5) is 0 Å². The molecule has 5 aromatic rings. The fraction of sp³-hybridized carbons (Fsp3) is 0.111. The number of halogens is 2. The SMILES string of the molecule is COc1cc(C=Nn2c(-c3cc4cc(Cl)ccc4o3)nc3ccccc3c2=O)c(Br)cc1O[C@H](C)C(=O)O. The van der Waals surface area contributed by atoms with Gasteiger partial charge in [-0.05, 0) is 71.4 Å². The summed E-state index contributed by atoms with van der Waals surface area (Å²) in [5.41, 5.74) is 1.23. The van der Waals surface area contributed by atoms with Gasteiger partial charge in [-0.15, -0.1) is 0 Å². The summed E-state index contributed by atoms with van der Waals surface area (Å²) in [5, 5.41) is 15.3. The van der Waals surface area contributed by atoms with Gasteiger partial charge in [0.25, 0.3) is 5.56 Å². The van der Waals surface area contributed by atoms with Crippen molar-refractivity contribution in [2.45, 2.75) is 13.0 Å². The molecule has 2 heterocycles. The Labute approximate surface area is 229 Å². The van der Waals surface area contributed by atoms with Crippen LogP contribution in [0.2, 0.25) is 5.02 Å². The third-order valence-corrected chi connectivity index (χ3v) is 6.62. The number of furan rings is 1. The maximum atomic E-state index is 13.5. The van der Waals surface area contributed by atoms with Gasteiger partial charge in [-0.2, -0.15) is 9.78 Å². The van der Waals surface area contributed by atoms with Crippen molar-refractivity contribution >= 4 is 61.6 Å². The van der Waals surface area contributed by atoms with Gasteiger partial charge in [-0.1, -0.05) is 23.7 Å². The van der Waals surface area contributed by atoms with E-state index in [1.807, 2.05) is 0 Å². The van der Waals surface area contributed by atoms with Gasteiger partial charge in [-0.3, -0.25) is 4.79 Å². The first kappa shape index (κ1) is 25.5. The van der Waals surface area contributed by atoms with Crippen molar-refractivity contribution in [1.82, 2.24) is 9.66 Å². The minimum atomic E-state index is -1.11. The lowest BCUT2D eigenvalue weighted by molar-refractivity contribution is -0.144. The minimum absolute atomic E-state index is 0.204. The Morgan fingerprint density at radius 1 is 1.18 bits per heavy atom. The molecule has 9 nitrogen and oxygen atoms in total. The van der Waals surface area contributed by atoms with Gasteiger partial charge < -0.3 is 19.0 Å². The predicted octanol–water partition coefficient (Wildman–Crippen LogP) is 5.97. The molecule has 0 amide bonds. The number of ether oxygens (including phenoxy) is 2. The highest BCUT2D eigenvalue weighted by Gasteiger charge is 2.19. The molecule has 11 heteroatoms. The van der Waals surface area contributed by atoms with Gasteiger partial charge in [0.15, 0.2) is 23.4 Å². The lowest BCUT2D eigenvalue weighted by Crippen LogP contribution is -2.23. The second-order valence-corrected chi connectivity index (χ2v) is 9.52. The van der Waals surface area contributed by atoms with Crippen LogP contribution in [0.15, 0.2) is 79.4 Å². The van der Waals surface area contributed by atoms with Crippen LogP contribution in [0.1, 0.15) is 12.5 Å². The summed E-state index contributed by atoms with van der Waals surface area (Å²) >= 11 is 9.59. The van der Waals surface area contributed by atoms with E-state index >= 15 is 0 Å². The van der Waals surface area contributed by atoms with Crippen molar-refractivity contribution < 1.29 is 23.8 Å². The van der Waals surface area contributed by atoms with Gasteiger partial charge in [0, 0.05) is 20.4 Å². The summed E-state index contributed by atoms with van der Waals surface area (Å²) in [6, 6.07) is 17.1. The molecule has 38 heavy (non-hydrogen) atoms. The molecular weight excluding hydrogens is 578 g/mol. The number of carbonyl (C=O) groups is 1. The number of aliphatic carboxylic acids is 1. The van der Waals surface area contributed by atoms with Crippen LogP contribution < -0.4 is 15.0 Å². The van der Waals surface area contributed by atoms with Crippen LogP contribution in [-0.2, 0) is 4.79 Å². The minimum Gasteiger partial charge on any atom is -0.493 e. The highest BCUT2D eigenvalue weighted by atomic mass is 79.9. The van der Waals surface area contributed by atoms with E-state index in [2.05, 4.69) is 26.0 Å². The van der Waals surface area contributed by atoms with E-state index in [-0.39, 0.29) is 11.6 Å². The Kier molecular flexibility index (Phi) is 6.92. The Morgan fingerprint density at radius 2 is 1.97 bits per heavy atom. The molecule has 192 valence electrons. The fourth-order valence-corrected chi connectivity index (χ4v) is 4.38. The number of fused-ring (bicyclic) bond motifs is 2. The first-order valence-corrected chi connectivity index (χ1v) is 12.4. The predicted molar refractivity (Wildman–Crippen MR) is 148 cm³/mol. The highest BCUT2D eigenvalue weighted by Crippen LogP contribution is 2.34. The van der Waals surface area contributed by atoms with Crippen molar-refractivity contribution in [2.24, 2.45) is 5.10 Å². The third kappa shape index (κ3) is 4.88. The molecule has 0 aliphatic carbocycles. The number of benzene rings is 3. The molecule has 0 unspecified atom stereocenters. The zero-order valence-electron chi connectivity index (χ0n) is 20.0. The lowest BCUT2D eigenvalue weighted by Gasteiger charge is -2.15. The molecule has 0 spiro atoms. The van der Waals surface area contributed by atoms with Crippen LogP contribution in [0.5, 0.6) is 11.5 Å². The molecule has 0 aliphatic heterocycles. The van der Waals surface area contributed by atoms with Gasteiger partial charge in [0.2, 0.25) is 5.82 Å². The number of aromatic nitrogens is 2. The van der Waals surface area contributed by atoms with Gasteiger partial charge in [0.05, 0.1) is 24.2 Å². The topological polar surface area (TPSA) is 116 Å². The average molecular weight is 597 g/mol. The van der Waals surface area contributed by atoms with Crippen molar-refractivity contribution in [3.63, 3.8) is 0 Å². The molecule has 5 rings (SSSR count). The van der Waals surface area contributed by atoms with Crippen LogP contribution >= 0.6 is 27.5 Å². The second kappa shape index (κ2) is 10.3. The number of carboxylic acids is 1. The van der Waals surface area contributed by atoms with Crippen LogP contribution in [-0.4, -0.2) is 40.2 Å². The largest absolute Gasteiger partial charge is 0.493 e. The van der Waals surface area contributed by atoms with E-state index in [1.165, 1.54) is 20.2 Å². The zero-order valence-corrected chi connectivity index (χ0v) is 22.4. The number of hydrogen-bond donors (Lipinski definition) is 1. The molecule has 1 atom stereocenters. The Bertz CT molecular complexity index is 1800. The van der Waals surface area contributed by atoms with Crippen molar-refractivity contribution in [3.05, 3.63) is 86.1 Å². The monoisotopic (exact) mass is 595 g/mol. The maximum Gasteiger partial charge on any atom is 0.344 e. The van der Waals surface area contributed by atoms with E-state index in [4.69, 9.17) is 25.5 Å². The average Bonchev–Trinajstić information content (AvgIpc) is 3.32. The molecule has 0 saturated carbocycles. The highest BCUT2D eigenvalue weighted by molar-refractivity contribution is 9.10. The number of carboxylic acid groups (broad SMARTS) is 1. The summed E-state index contributed by atoms with van der Waals surface area (Å²) in [4.78, 5) is 29.4. The summed E-state index contributed by atoms with van der Waals surface area (Å²) in [6.07, 6.45) is 0.372. The second-order valence-electron chi connectivity index (χ2n) is 8.23. The van der Waals surface area contributed by atoms with Crippen LogP contribution in [0, 0.1) is 0 Å². The lowest BCUT2D eigenvalue weighted by atomic mass is 10.2. The zero-order chi connectivity index (χ0) is 27.0. The van der Waals surface area contributed by atoms with Crippen molar-refractivity contribution in [3.8, 4) is 23.1 Å². The molecule has 1 N–H and O–H groups in total. The Balaban J connectivity index is 1.64. The molecule has 0 saturated heterocycles. The maximum absolute atomic E-state index is 13.5. The van der Waals surface area contributed by atoms with Gasteiger partial charge in [0.1, 0.15) is 5.58 Å². The molecule has 0 radical (unpaired) electrons. The first-order valence-electron chi connectivity index (χ1n) is 11.3. The van der Waals surface area contributed by atoms with Crippen LogP contribution in [0.3, 0.4) is 0 Å². The summed E-state index contributed by atoms with van der Waals surface area (Å²) in [6.45, 7) is 1.41. The van der Waals surface area contributed by atoms with E-state index in [0.29, 0.717) is 43.1 Å². The number of methoxy groups -OCH3 is 1. The standard InChI is InChI=1S/C27H19BrClN3O6/c1-14(27(34)35)37-23-12-19(28)16(11-22(23)36-2)13-30-32-25(31-20-6-4-3-5-18(20)26(32)33)24-10-15-9-17(29)7-8-21(15)38-24/h3-14H,1-2H3,(H,34,35)/t14-/m1/s1. The normalized spacial score (nSPS) is 12.3. The van der Waals surface area contributed by atoms with Crippen molar-refractivity contribution in [1.29, 1.82) is 0 Å². The third-order valence-electron chi connectivity index (χ3n) is 5.70. The van der Waals surface area contributed by atoms with Crippen LogP contribution in [0.25, 0.3) is 33.5 Å². The van der Waals surface area contributed by atoms with E-state index in [0.717, 1.165) is 10.1 Å². The smallest absolute Gasteiger partial charge is 0.344 e. The molecule has 3 aromatic carbocycles. The Morgan fingerprint density at radius 3 is 2.74 bits per heavy atom. The first-order chi connectivity index (χ1) is 18.2. The Hall–Kier alpha value is -4.15. The summed E-state index contributed by atoms with van der Waals surface area (Å²) < 4.78 is 18.6. The number of rotatable bonds is 7.